The van der Waals surface area contributed by atoms with Gasteiger partial charge in [0.25, 0.3) is 0 Å². The van der Waals surface area contributed by atoms with E-state index in [4.69, 9.17) is 0 Å². The molecule has 1 atom stereocenters. The van der Waals surface area contributed by atoms with Crippen LogP contribution in [-0.2, 0) is 6.42 Å². The summed E-state index contributed by atoms with van der Waals surface area (Å²) in [6.07, 6.45) is 6.18. The standard InChI is InChI=1S/C17H28FN/c1-4-6-7-15(5-2)13-19-11-10-16-8-9-17(18)12-14(16)3/h8-9,12,15,19H,4-7,10-11,13H2,1-3H3. The van der Waals surface area contributed by atoms with Crippen molar-refractivity contribution in [2.45, 2.75) is 52.9 Å². The second-order valence-electron chi connectivity index (χ2n) is 5.44. The highest BCUT2D eigenvalue weighted by Gasteiger charge is 2.05. The molecule has 19 heavy (non-hydrogen) atoms. The number of benzene rings is 1. The topological polar surface area (TPSA) is 12.0 Å². The molecule has 0 radical (unpaired) electrons. The summed E-state index contributed by atoms with van der Waals surface area (Å²) in [6, 6.07) is 5.07. The smallest absolute Gasteiger partial charge is 0.123 e. The molecule has 0 aliphatic rings. The second kappa shape index (κ2) is 9.08. The van der Waals surface area contributed by atoms with Crippen LogP contribution in [0.5, 0.6) is 0 Å². The predicted octanol–water partition coefficient (Wildman–Crippen LogP) is 4.48. The lowest BCUT2D eigenvalue weighted by Crippen LogP contribution is -2.24. The van der Waals surface area contributed by atoms with Crippen molar-refractivity contribution < 1.29 is 4.39 Å². The van der Waals surface area contributed by atoms with Gasteiger partial charge >= 0.3 is 0 Å². The van der Waals surface area contributed by atoms with Crippen molar-refractivity contribution in [1.29, 1.82) is 0 Å². The van der Waals surface area contributed by atoms with Gasteiger partial charge in [-0.15, -0.1) is 0 Å². The van der Waals surface area contributed by atoms with Crippen molar-refractivity contribution in [3.05, 3.63) is 35.1 Å². The average Bonchev–Trinajstić information content (AvgIpc) is 2.40. The molecule has 1 aromatic carbocycles. The number of halogens is 1. The van der Waals surface area contributed by atoms with E-state index in [1.165, 1.54) is 31.2 Å². The van der Waals surface area contributed by atoms with E-state index in [0.29, 0.717) is 0 Å². The third kappa shape index (κ3) is 6.20. The van der Waals surface area contributed by atoms with Crippen molar-refractivity contribution in [1.82, 2.24) is 5.32 Å². The molecule has 1 nitrogen and oxygen atoms in total. The lowest BCUT2D eigenvalue weighted by molar-refractivity contribution is 0.421. The van der Waals surface area contributed by atoms with E-state index in [2.05, 4.69) is 19.2 Å². The number of rotatable bonds is 9. The molecule has 0 saturated heterocycles. The summed E-state index contributed by atoms with van der Waals surface area (Å²) in [6.45, 7) is 8.59. The first-order valence-corrected chi connectivity index (χ1v) is 7.63. The first-order chi connectivity index (χ1) is 9.17. The zero-order valence-electron chi connectivity index (χ0n) is 12.6. The molecule has 1 unspecified atom stereocenters. The molecule has 0 aromatic heterocycles. The average molecular weight is 265 g/mol. The van der Waals surface area contributed by atoms with E-state index in [1.54, 1.807) is 12.1 Å². The van der Waals surface area contributed by atoms with Gasteiger partial charge in [0.05, 0.1) is 0 Å². The van der Waals surface area contributed by atoms with Crippen molar-refractivity contribution in [2.75, 3.05) is 13.1 Å². The van der Waals surface area contributed by atoms with Crippen LogP contribution in [0.3, 0.4) is 0 Å². The van der Waals surface area contributed by atoms with Gasteiger partial charge in [0, 0.05) is 0 Å². The highest BCUT2D eigenvalue weighted by molar-refractivity contribution is 5.26. The molecule has 2 heteroatoms. The molecule has 0 aliphatic carbocycles. The summed E-state index contributed by atoms with van der Waals surface area (Å²) < 4.78 is 13.0. The third-order valence-corrected chi connectivity index (χ3v) is 3.85. The quantitative estimate of drug-likeness (QED) is 0.649. The molecule has 0 aliphatic heterocycles. The van der Waals surface area contributed by atoms with E-state index in [-0.39, 0.29) is 5.82 Å². The Morgan fingerprint density at radius 2 is 2.05 bits per heavy atom. The van der Waals surface area contributed by atoms with E-state index in [9.17, 15) is 4.39 Å². The summed E-state index contributed by atoms with van der Waals surface area (Å²) in [5.74, 6) is 0.661. The van der Waals surface area contributed by atoms with Crippen molar-refractivity contribution >= 4 is 0 Å². The highest BCUT2D eigenvalue weighted by atomic mass is 19.1. The number of nitrogens with one attached hydrogen (secondary N) is 1. The van der Waals surface area contributed by atoms with Gasteiger partial charge in [-0.1, -0.05) is 39.2 Å². The monoisotopic (exact) mass is 265 g/mol. The van der Waals surface area contributed by atoms with Crippen LogP contribution < -0.4 is 5.32 Å². The van der Waals surface area contributed by atoms with E-state index >= 15 is 0 Å². The van der Waals surface area contributed by atoms with Crippen LogP contribution in [0.4, 0.5) is 4.39 Å². The number of unbranched alkanes of at least 4 members (excludes halogenated alkanes) is 1. The maximum absolute atomic E-state index is 13.0. The van der Waals surface area contributed by atoms with Gasteiger partial charge in [-0.2, -0.15) is 0 Å². The summed E-state index contributed by atoms with van der Waals surface area (Å²) in [4.78, 5) is 0. The molecule has 1 rings (SSSR count). The fourth-order valence-electron chi connectivity index (χ4n) is 2.41. The van der Waals surface area contributed by atoms with Crippen molar-refractivity contribution in [3.8, 4) is 0 Å². The van der Waals surface area contributed by atoms with E-state index in [1.807, 2.05) is 13.0 Å². The fourth-order valence-corrected chi connectivity index (χ4v) is 2.41. The minimum absolute atomic E-state index is 0.139. The van der Waals surface area contributed by atoms with Crippen molar-refractivity contribution in [2.24, 2.45) is 5.92 Å². The Kier molecular flexibility index (Phi) is 7.73. The van der Waals surface area contributed by atoms with Crippen LogP contribution in [0, 0.1) is 18.7 Å². The van der Waals surface area contributed by atoms with Gasteiger partial charge in [0.15, 0.2) is 0 Å². The Hall–Kier alpha value is -0.890. The summed E-state index contributed by atoms with van der Waals surface area (Å²) in [7, 11) is 0. The van der Waals surface area contributed by atoms with Crippen LogP contribution in [0.2, 0.25) is 0 Å². The Bertz CT molecular complexity index is 362. The number of aryl methyl sites for hydroxylation is 1. The maximum atomic E-state index is 13.0. The molecule has 0 amide bonds. The Morgan fingerprint density at radius 3 is 2.68 bits per heavy atom. The first-order valence-electron chi connectivity index (χ1n) is 7.63. The van der Waals surface area contributed by atoms with Gasteiger partial charge in [-0.3, -0.25) is 0 Å². The summed E-state index contributed by atoms with van der Waals surface area (Å²) in [5.41, 5.74) is 2.30. The van der Waals surface area contributed by atoms with Gasteiger partial charge in [0.1, 0.15) is 5.82 Å². The third-order valence-electron chi connectivity index (χ3n) is 3.85. The Balaban J connectivity index is 2.26. The number of hydrogen-bond acceptors (Lipinski definition) is 1. The molecule has 0 fully saturated rings. The van der Waals surface area contributed by atoms with Gasteiger partial charge in [-0.25, -0.2) is 4.39 Å². The number of hydrogen-bond donors (Lipinski definition) is 1. The van der Waals surface area contributed by atoms with Crippen LogP contribution in [0.25, 0.3) is 0 Å². The van der Waals surface area contributed by atoms with Gasteiger partial charge in [-0.05, 0) is 62.0 Å². The fraction of sp³-hybridized carbons (Fsp3) is 0.647. The zero-order valence-corrected chi connectivity index (χ0v) is 12.6. The molecule has 1 N–H and O–H groups in total. The molecule has 0 spiro atoms. The summed E-state index contributed by atoms with van der Waals surface area (Å²) >= 11 is 0. The highest BCUT2D eigenvalue weighted by Crippen LogP contribution is 2.12. The molecular weight excluding hydrogens is 237 g/mol. The first kappa shape index (κ1) is 16.2. The van der Waals surface area contributed by atoms with E-state index in [0.717, 1.165) is 31.0 Å². The predicted molar refractivity (Wildman–Crippen MR) is 81.0 cm³/mol. The lowest BCUT2D eigenvalue weighted by atomic mass is 9.99. The van der Waals surface area contributed by atoms with Gasteiger partial charge in [0.2, 0.25) is 0 Å². The minimum Gasteiger partial charge on any atom is -0.316 e. The Morgan fingerprint density at radius 1 is 1.26 bits per heavy atom. The molecule has 0 saturated carbocycles. The largest absolute Gasteiger partial charge is 0.316 e. The Labute approximate surface area is 117 Å². The van der Waals surface area contributed by atoms with Crippen LogP contribution in [0.1, 0.15) is 50.7 Å². The van der Waals surface area contributed by atoms with Crippen LogP contribution >= 0.6 is 0 Å². The molecule has 108 valence electrons. The van der Waals surface area contributed by atoms with Crippen LogP contribution in [0.15, 0.2) is 18.2 Å². The van der Waals surface area contributed by atoms with Crippen molar-refractivity contribution in [3.63, 3.8) is 0 Å². The molecule has 0 heterocycles. The maximum Gasteiger partial charge on any atom is 0.123 e. The summed E-state index contributed by atoms with van der Waals surface area (Å²) in [5, 5.41) is 3.54. The van der Waals surface area contributed by atoms with Crippen LogP contribution in [-0.4, -0.2) is 13.1 Å². The molecule has 0 bridgehead atoms. The minimum atomic E-state index is -0.139. The normalized spacial score (nSPS) is 12.6. The lowest BCUT2D eigenvalue weighted by Gasteiger charge is -2.15. The molecule has 1 aromatic rings. The second-order valence-corrected chi connectivity index (χ2v) is 5.44. The van der Waals surface area contributed by atoms with Gasteiger partial charge < -0.3 is 5.32 Å². The molecular formula is C17H28FN. The SMILES string of the molecule is CCCCC(CC)CNCCc1ccc(F)cc1C. The zero-order chi connectivity index (χ0) is 14.1. The van der Waals surface area contributed by atoms with E-state index < -0.39 is 0 Å².